The van der Waals surface area contributed by atoms with Crippen LogP contribution in [0, 0.1) is 35.0 Å². The van der Waals surface area contributed by atoms with Gasteiger partial charge in [0.25, 0.3) is 0 Å². The highest BCUT2D eigenvalue weighted by atomic mass is 32.2. The molecule has 0 aliphatic heterocycles. The molecule has 5 rings (SSSR count). The number of halogens is 1. The van der Waals surface area contributed by atoms with Crippen LogP contribution in [0.4, 0.5) is 4.39 Å². The highest BCUT2D eigenvalue weighted by Crippen LogP contribution is 2.64. The van der Waals surface area contributed by atoms with E-state index in [9.17, 15) is 13.5 Å². The SMILES string of the molecule is C=C1CC[C@H]2[C@@H]3CC[C@H]4C[C@@](O)(C(F)S(=O)(=O)c5ccccc5)CC[C@@H]4[C@H]3CC[C@]12C. The number of hydrogen-bond acceptors (Lipinski definition) is 3. The second-order valence-corrected chi connectivity index (χ2v) is 13.0. The Morgan fingerprint density at radius 1 is 1.03 bits per heavy atom. The standard InChI is InChI=1S/C26H35FO3S/c1-17-8-11-23-22-10-9-18-16-26(28,15-13-20(18)21(22)12-14-25(17,23)2)24(27)31(29,30)19-6-4-3-5-7-19/h3-7,18,20-24,28H,1,8-16H2,2H3/t18-,20-,21+,22+,23-,24?,25+,26+/m0/s1. The minimum atomic E-state index is -4.21. The Labute approximate surface area is 186 Å². The van der Waals surface area contributed by atoms with Crippen molar-refractivity contribution in [3.63, 3.8) is 0 Å². The molecule has 31 heavy (non-hydrogen) atoms. The smallest absolute Gasteiger partial charge is 0.233 e. The van der Waals surface area contributed by atoms with Crippen molar-refractivity contribution in [2.24, 2.45) is 35.0 Å². The molecule has 0 saturated heterocycles. The van der Waals surface area contributed by atoms with Crippen molar-refractivity contribution in [2.45, 2.75) is 80.7 Å². The molecule has 4 saturated carbocycles. The van der Waals surface area contributed by atoms with Crippen molar-refractivity contribution in [2.75, 3.05) is 0 Å². The van der Waals surface area contributed by atoms with E-state index in [0.29, 0.717) is 23.7 Å². The summed E-state index contributed by atoms with van der Waals surface area (Å²) in [6, 6.07) is 7.72. The fraction of sp³-hybridized carbons (Fsp3) is 0.692. The van der Waals surface area contributed by atoms with Gasteiger partial charge in [-0.05, 0) is 105 Å². The van der Waals surface area contributed by atoms with Crippen LogP contribution in [0.15, 0.2) is 47.4 Å². The lowest BCUT2D eigenvalue weighted by atomic mass is 9.49. The monoisotopic (exact) mass is 446 g/mol. The number of fused-ring (bicyclic) bond motifs is 5. The van der Waals surface area contributed by atoms with Crippen LogP contribution < -0.4 is 0 Å². The van der Waals surface area contributed by atoms with Gasteiger partial charge >= 0.3 is 0 Å². The summed E-state index contributed by atoms with van der Waals surface area (Å²) in [5.41, 5.74) is -2.33. The van der Waals surface area contributed by atoms with Crippen LogP contribution in [0.3, 0.4) is 0 Å². The van der Waals surface area contributed by atoms with Crippen LogP contribution in [-0.4, -0.2) is 24.6 Å². The Kier molecular flexibility index (Phi) is 5.17. The molecule has 0 amide bonds. The number of allylic oxidation sites excluding steroid dienone is 1. The van der Waals surface area contributed by atoms with Crippen LogP contribution >= 0.6 is 0 Å². The lowest BCUT2D eigenvalue weighted by Gasteiger charge is -2.56. The minimum absolute atomic E-state index is 0.0465. The minimum Gasteiger partial charge on any atom is -0.386 e. The Morgan fingerprint density at radius 2 is 1.74 bits per heavy atom. The number of rotatable bonds is 3. The zero-order valence-electron chi connectivity index (χ0n) is 18.5. The van der Waals surface area contributed by atoms with E-state index in [-0.39, 0.29) is 29.1 Å². The number of alkyl halides is 1. The number of hydrogen-bond donors (Lipinski definition) is 1. The largest absolute Gasteiger partial charge is 0.386 e. The van der Waals surface area contributed by atoms with Crippen LogP contribution in [-0.2, 0) is 9.84 Å². The van der Waals surface area contributed by atoms with Gasteiger partial charge in [0.1, 0.15) is 5.60 Å². The first kappa shape index (κ1) is 21.6. The highest BCUT2D eigenvalue weighted by molar-refractivity contribution is 7.92. The van der Waals surface area contributed by atoms with E-state index in [4.69, 9.17) is 0 Å². The second-order valence-electron chi connectivity index (χ2n) is 11.1. The van der Waals surface area contributed by atoms with E-state index in [1.807, 2.05) is 0 Å². The van der Waals surface area contributed by atoms with Crippen molar-refractivity contribution in [3.8, 4) is 0 Å². The van der Waals surface area contributed by atoms with Gasteiger partial charge in [0.15, 0.2) is 0 Å². The summed E-state index contributed by atoms with van der Waals surface area (Å²) in [5, 5.41) is 11.2. The number of benzene rings is 1. The van der Waals surface area contributed by atoms with Crippen molar-refractivity contribution in [1.82, 2.24) is 0 Å². The van der Waals surface area contributed by atoms with E-state index in [0.717, 1.165) is 25.7 Å². The molecule has 4 aliphatic carbocycles. The third-order valence-electron chi connectivity index (χ3n) is 9.77. The molecule has 0 radical (unpaired) electrons. The topological polar surface area (TPSA) is 54.4 Å². The molecule has 1 aromatic rings. The summed E-state index contributed by atoms with van der Waals surface area (Å²) < 4.78 is 41.2. The predicted molar refractivity (Wildman–Crippen MR) is 120 cm³/mol. The second kappa shape index (κ2) is 7.41. The van der Waals surface area contributed by atoms with Gasteiger partial charge in [-0.15, -0.1) is 0 Å². The fourth-order valence-corrected chi connectivity index (χ4v) is 9.61. The molecule has 0 spiro atoms. The molecular formula is C26H35FO3S. The molecular weight excluding hydrogens is 411 g/mol. The number of sulfone groups is 1. The maximum Gasteiger partial charge on any atom is 0.233 e. The van der Waals surface area contributed by atoms with Crippen LogP contribution in [0.2, 0.25) is 0 Å². The molecule has 1 aromatic carbocycles. The van der Waals surface area contributed by atoms with Gasteiger partial charge in [0, 0.05) is 0 Å². The van der Waals surface area contributed by atoms with Gasteiger partial charge in [0.05, 0.1) is 4.90 Å². The van der Waals surface area contributed by atoms with Gasteiger partial charge in [-0.2, -0.15) is 0 Å². The molecule has 4 fully saturated rings. The molecule has 3 nitrogen and oxygen atoms in total. The summed E-state index contributed by atoms with van der Waals surface area (Å²) in [4.78, 5) is -0.0465. The molecule has 170 valence electrons. The molecule has 0 bridgehead atoms. The summed E-state index contributed by atoms with van der Waals surface area (Å²) in [6.07, 6.45) is 8.12. The van der Waals surface area contributed by atoms with Gasteiger partial charge in [-0.25, -0.2) is 12.8 Å². The lowest BCUT2D eigenvalue weighted by molar-refractivity contribution is -0.111. The first-order valence-electron chi connectivity index (χ1n) is 12.0. The maximum absolute atomic E-state index is 15.5. The molecule has 1 N–H and O–H groups in total. The molecule has 0 heterocycles. The van der Waals surface area contributed by atoms with E-state index in [1.54, 1.807) is 18.2 Å². The van der Waals surface area contributed by atoms with Crippen molar-refractivity contribution in [1.29, 1.82) is 0 Å². The van der Waals surface area contributed by atoms with E-state index >= 15 is 4.39 Å². The van der Waals surface area contributed by atoms with E-state index < -0.39 is 20.9 Å². The highest BCUT2D eigenvalue weighted by Gasteiger charge is 2.58. The third kappa shape index (κ3) is 3.25. The zero-order chi connectivity index (χ0) is 22.0. The molecule has 1 unspecified atom stereocenters. The quantitative estimate of drug-likeness (QED) is 0.606. The lowest BCUT2D eigenvalue weighted by Crippen LogP contribution is -2.54. The Morgan fingerprint density at radius 3 is 2.48 bits per heavy atom. The first-order chi connectivity index (χ1) is 14.7. The predicted octanol–water partition coefficient (Wildman–Crippen LogP) is 5.70. The Hall–Kier alpha value is -1.20. The zero-order valence-corrected chi connectivity index (χ0v) is 19.3. The summed E-state index contributed by atoms with van der Waals surface area (Å²) in [5.74, 6) is 2.77. The normalized spacial score (nSPS) is 43.6. The first-order valence-corrected chi connectivity index (χ1v) is 13.5. The van der Waals surface area contributed by atoms with Crippen LogP contribution in [0.5, 0.6) is 0 Å². The van der Waals surface area contributed by atoms with Gasteiger partial charge in [-0.3, -0.25) is 0 Å². The maximum atomic E-state index is 15.5. The van der Waals surface area contributed by atoms with Crippen LogP contribution in [0.1, 0.15) is 64.7 Å². The number of aliphatic hydroxyl groups is 1. The fourth-order valence-electron chi connectivity index (χ4n) is 8.04. The Bertz CT molecular complexity index is 960. The van der Waals surface area contributed by atoms with Crippen molar-refractivity contribution >= 4 is 9.84 Å². The van der Waals surface area contributed by atoms with Crippen molar-refractivity contribution < 1.29 is 17.9 Å². The van der Waals surface area contributed by atoms with E-state index in [1.165, 1.54) is 37.0 Å². The molecule has 4 aliphatic rings. The summed E-state index contributed by atoms with van der Waals surface area (Å²) in [7, 11) is -4.21. The van der Waals surface area contributed by atoms with Crippen molar-refractivity contribution in [3.05, 3.63) is 42.5 Å². The summed E-state index contributed by atoms with van der Waals surface area (Å²) >= 11 is 0. The van der Waals surface area contributed by atoms with Gasteiger partial charge in [-0.1, -0.05) is 37.3 Å². The van der Waals surface area contributed by atoms with Gasteiger partial charge < -0.3 is 5.11 Å². The third-order valence-corrected chi connectivity index (χ3v) is 11.7. The van der Waals surface area contributed by atoms with Crippen LogP contribution in [0.25, 0.3) is 0 Å². The molecule has 0 aromatic heterocycles. The average Bonchev–Trinajstić information content (AvgIpc) is 3.08. The molecule has 5 heteroatoms. The Balaban J connectivity index is 1.34. The molecule has 8 atom stereocenters. The summed E-state index contributed by atoms with van der Waals surface area (Å²) in [6.45, 7) is 6.80. The van der Waals surface area contributed by atoms with Gasteiger partial charge in [0.2, 0.25) is 15.3 Å². The van der Waals surface area contributed by atoms with E-state index in [2.05, 4.69) is 13.5 Å². The average molecular weight is 447 g/mol.